The smallest absolute Gasteiger partial charge is 0.331 e. The zero-order chi connectivity index (χ0) is 18.4. The first-order chi connectivity index (χ1) is 11.7. The fraction of sp³-hybridized carbons (Fsp3) is 0.550. The van der Waals surface area contributed by atoms with Crippen molar-refractivity contribution in [3.63, 3.8) is 0 Å². The van der Waals surface area contributed by atoms with Crippen LogP contribution in [0.2, 0.25) is 5.02 Å². The number of halogens is 1. The summed E-state index contributed by atoms with van der Waals surface area (Å²) in [7, 11) is 1.45. The molecule has 3 rings (SSSR count). The molecule has 2 aliphatic rings. The number of carbonyl (C=O) groups excluding carboxylic acids is 1. The Labute approximate surface area is 153 Å². The van der Waals surface area contributed by atoms with E-state index in [2.05, 4.69) is 20.8 Å². The second-order valence-electron chi connectivity index (χ2n) is 7.92. The molecule has 1 aromatic carbocycles. The van der Waals surface area contributed by atoms with Crippen LogP contribution in [0.1, 0.15) is 45.6 Å². The number of esters is 1. The molecule has 2 saturated carbocycles. The van der Waals surface area contributed by atoms with E-state index in [9.17, 15) is 9.90 Å². The summed E-state index contributed by atoms with van der Waals surface area (Å²) in [5.74, 6) is 0.432. The molecule has 0 aliphatic heterocycles. The number of hydrogen-bond acceptors (Lipinski definition) is 4. The van der Waals surface area contributed by atoms with Gasteiger partial charge in [0.1, 0.15) is 6.10 Å². The summed E-state index contributed by atoms with van der Waals surface area (Å²) < 4.78 is 10.8. The number of phenols is 1. The molecule has 4 nitrogen and oxygen atoms in total. The third-order valence-electron chi connectivity index (χ3n) is 6.65. The van der Waals surface area contributed by atoms with Gasteiger partial charge >= 0.3 is 5.97 Å². The molecule has 2 bridgehead atoms. The minimum atomic E-state index is -0.349. The van der Waals surface area contributed by atoms with Crippen molar-refractivity contribution in [1.29, 1.82) is 0 Å². The lowest BCUT2D eigenvalue weighted by atomic mass is 9.70. The van der Waals surface area contributed by atoms with Crippen LogP contribution in [0.15, 0.2) is 18.2 Å². The zero-order valence-electron chi connectivity index (χ0n) is 15.1. The Kier molecular flexibility index (Phi) is 4.52. The Bertz CT molecular complexity index is 725. The molecule has 2 aliphatic carbocycles. The lowest BCUT2D eigenvalue weighted by Crippen LogP contribution is -2.38. The van der Waals surface area contributed by atoms with Gasteiger partial charge in [0.15, 0.2) is 11.5 Å². The topological polar surface area (TPSA) is 55.8 Å². The van der Waals surface area contributed by atoms with Gasteiger partial charge in [-0.2, -0.15) is 0 Å². The lowest BCUT2D eigenvalue weighted by Gasteiger charge is -2.38. The fourth-order valence-corrected chi connectivity index (χ4v) is 4.72. The average molecular weight is 365 g/mol. The first-order valence-electron chi connectivity index (χ1n) is 8.64. The molecular formula is C20H25ClO4. The molecule has 0 radical (unpaired) electrons. The summed E-state index contributed by atoms with van der Waals surface area (Å²) >= 11 is 5.96. The van der Waals surface area contributed by atoms with Gasteiger partial charge in [0.2, 0.25) is 0 Å². The second-order valence-corrected chi connectivity index (χ2v) is 8.33. The Morgan fingerprint density at radius 1 is 1.36 bits per heavy atom. The molecule has 3 atom stereocenters. The minimum absolute atomic E-state index is 0.0312. The van der Waals surface area contributed by atoms with Crippen molar-refractivity contribution in [2.45, 2.75) is 46.1 Å². The molecule has 2 fully saturated rings. The highest BCUT2D eigenvalue weighted by Gasteiger charge is 2.62. The maximum atomic E-state index is 12.3. The van der Waals surface area contributed by atoms with E-state index in [0.717, 1.165) is 12.8 Å². The van der Waals surface area contributed by atoms with Crippen molar-refractivity contribution in [3.8, 4) is 11.5 Å². The molecule has 136 valence electrons. The molecular weight excluding hydrogens is 340 g/mol. The maximum absolute atomic E-state index is 12.3. The zero-order valence-corrected chi connectivity index (χ0v) is 15.9. The number of carbonyl (C=O) groups is 1. The second kappa shape index (κ2) is 6.24. The van der Waals surface area contributed by atoms with Gasteiger partial charge in [-0.1, -0.05) is 32.4 Å². The molecule has 0 saturated heterocycles. The highest BCUT2D eigenvalue weighted by atomic mass is 35.5. The summed E-state index contributed by atoms with van der Waals surface area (Å²) in [6.07, 6.45) is 6.27. The number of hydrogen-bond donors (Lipinski definition) is 1. The van der Waals surface area contributed by atoms with Crippen LogP contribution in [0, 0.1) is 16.7 Å². The Morgan fingerprint density at radius 2 is 2.08 bits per heavy atom. The number of methoxy groups -OCH3 is 1. The van der Waals surface area contributed by atoms with E-state index < -0.39 is 0 Å². The molecule has 1 aromatic rings. The predicted octanol–water partition coefficient (Wildman–Crippen LogP) is 4.83. The number of benzene rings is 1. The Balaban J connectivity index is 1.70. The molecule has 0 heterocycles. The van der Waals surface area contributed by atoms with Crippen LogP contribution in [0.25, 0.3) is 6.08 Å². The summed E-state index contributed by atoms with van der Waals surface area (Å²) in [6.45, 7) is 6.82. The molecule has 0 amide bonds. The first kappa shape index (κ1) is 18.1. The monoisotopic (exact) mass is 364 g/mol. The van der Waals surface area contributed by atoms with Gasteiger partial charge in [-0.3, -0.25) is 0 Å². The lowest BCUT2D eigenvalue weighted by molar-refractivity contribution is -0.150. The number of rotatable bonds is 4. The Morgan fingerprint density at radius 3 is 2.64 bits per heavy atom. The van der Waals surface area contributed by atoms with Gasteiger partial charge in [0, 0.05) is 11.5 Å². The van der Waals surface area contributed by atoms with Gasteiger partial charge in [-0.15, -0.1) is 0 Å². The standard InChI is InChI=1S/C20H25ClO4/c1-19(2)13-7-8-20(19,3)16(11-13)25-17(22)6-5-12-9-14(21)18(23)15(10-12)24-4/h5-6,9-10,13,16,23H,7-8,11H2,1-4H3/b6-5+. The van der Waals surface area contributed by atoms with Gasteiger partial charge in [0.05, 0.1) is 12.1 Å². The largest absolute Gasteiger partial charge is 0.503 e. The van der Waals surface area contributed by atoms with Crippen LogP contribution in [0.4, 0.5) is 0 Å². The fourth-order valence-electron chi connectivity index (χ4n) is 4.50. The highest BCUT2D eigenvalue weighted by Crippen LogP contribution is 2.66. The SMILES string of the molecule is COc1cc(/C=C/C(=O)OC2CC3CCC2(C)C3(C)C)cc(Cl)c1O. The van der Waals surface area contributed by atoms with E-state index in [1.165, 1.54) is 19.6 Å². The van der Waals surface area contributed by atoms with E-state index >= 15 is 0 Å². The van der Waals surface area contributed by atoms with E-state index in [0.29, 0.717) is 11.5 Å². The van der Waals surface area contributed by atoms with Crippen molar-refractivity contribution < 1.29 is 19.4 Å². The van der Waals surface area contributed by atoms with E-state index in [4.69, 9.17) is 21.1 Å². The van der Waals surface area contributed by atoms with Crippen LogP contribution in [-0.2, 0) is 9.53 Å². The van der Waals surface area contributed by atoms with E-state index in [-0.39, 0.29) is 39.4 Å². The van der Waals surface area contributed by atoms with Crippen LogP contribution in [-0.4, -0.2) is 24.3 Å². The summed E-state index contributed by atoms with van der Waals surface area (Å²) in [4.78, 5) is 12.3. The number of phenolic OH excluding ortho intramolecular Hbond substituents is 1. The van der Waals surface area contributed by atoms with Crippen LogP contribution >= 0.6 is 11.6 Å². The molecule has 1 N–H and O–H groups in total. The van der Waals surface area contributed by atoms with E-state index in [1.54, 1.807) is 18.2 Å². The van der Waals surface area contributed by atoms with Crippen molar-refractivity contribution in [2.24, 2.45) is 16.7 Å². The van der Waals surface area contributed by atoms with E-state index in [1.807, 2.05) is 0 Å². The quantitative estimate of drug-likeness (QED) is 0.614. The summed E-state index contributed by atoms with van der Waals surface area (Å²) in [6, 6.07) is 3.19. The summed E-state index contributed by atoms with van der Waals surface area (Å²) in [5.41, 5.74) is 0.919. The Hall–Kier alpha value is -1.68. The molecule has 25 heavy (non-hydrogen) atoms. The van der Waals surface area contributed by atoms with Crippen LogP contribution in [0.5, 0.6) is 11.5 Å². The first-order valence-corrected chi connectivity index (χ1v) is 9.02. The minimum Gasteiger partial charge on any atom is -0.503 e. The third kappa shape index (κ3) is 2.91. The van der Waals surface area contributed by atoms with Crippen LogP contribution in [0.3, 0.4) is 0 Å². The van der Waals surface area contributed by atoms with Crippen molar-refractivity contribution in [3.05, 3.63) is 28.8 Å². The summed E-state index contributed by atoms with van der Waals surface area (Å²) in [5, 5.41) is 9.93. The van der Waals surface area contributed by atoms with Gasteiger partial charge in [0.25, 0.3) is 0 Å². The van der Waals surface area contributed by atoms with Crippen molar-refractivity contribution in [2.75, 3.05) is 7.11 Å². The number of fused-ring (bicyclic) bond motifs is 2. The number of aromatic hydroxyl groups is 1. The molecule has 0 aromatic heterocycles. The molecule has 3 unspecified atom stereocenters. The predicted molar refractivity (Wildman–Crippen MR) is 97.8 cm³/mol. The molecule has 5 heteroatoms. The number of ether oxygens (including phenoxy) is 2. The average Bonchev–Trinajstić information content (AvgIpc) is 2.89. The molecule has 0 spiro atoms. The maximum Gasteiger partial charge on any atom is 0.331 e. The third-order valence-corrected chi connectivity index (χ3v) is 6.94. The van der Waals surface area contributed by atoms with Gasteiger partial charge < -0.3 is 14.6 Å². The van der Waals surface area contributed by atoms with Crippen molar-refractivity contribution in [1.82, 2.24) is 0 Å². The van der Waals surface area contributed by atoms with Crippen molar-refractivity contribution >= 4 is 23.6 Å². The normalized spacial score (nSPS) is 30.0. The van der Waals surface area contributed by atoms with Gasteiger partial charge in [-0.25, -0.2) is 4.79 Å². The highest BCUT2D eigenvalue weighted by molar-refractivity contribution is 6.32. The van der Waals surface area contributed by atoms with Crippen LogP contribution < -0.4 is 4.74 Å². The van der Waals surface area contributed by atoms with Gasteiger partial charge in [-0.05, 0) is 54.4 Å².